The highest BCUT2D eigenvalue weighted by atomic mass is 35.5. The Balaban J connectivity index is 1.25. The van der Waals surface area contributed by atoms with Gasteiger partial charge in [-0.1, -0.05) is 53.5 Å². The van der Waals surface area contributed by atoms with E-state index in [1.807, 2.05) is 18.2 Å². The number of methoxy groups -OCH3 is 1. The summed E-state index contributed by atoms with van der Waals surface area (Å²) >= 11 is 12.9. The van der Waals surface area contributed by atoms with Gasteiger partial charge in [-0.15, -0.1) is 5.10 Å². The maximum absolute atomic E-state index is 13.5. The van der Waals surface area contributed by atoms with E-state index in [4.69, 9.17) is 28.2 Å². The Labute approximate surface area is 279 Å². The van der Waals surface area contributed by atoms with Crippen LogP contribution in [0.5, 0.6) is 0 Å². The lowest BCUT2D eigenvalue weighted by molar-refractivity contribution is -0.121. The molecule has 0 spiro atoms. The fourth-order valence-corrected chi connectivity index (χ4v) is 7.47. The van der Waals surface area contributed by atoms with Crippen molar-refractivity contribution in [3.63, 3.8) is 0 Å². The first-order valence-electron chi connectivity index (χ1n) is 14.4. The van der Waals surface area contributed by atoms with Crippen LogP contribution in [0, 0.1) is 0 Å². The average molecular weight is 696 g/mol. The molecule has 2 amide bonds. The zero-order chi connectivity index (χ0) is 33.1. The number of anilines is 1. The standard InChI is InChI=1S/C31H28Cl2N8O5S/c1-46-31(43)35-24-8-4-19(5-9-24)28-29(33)38-30(37-28)25(13-18-2-3-21-15-47(44,45)16-22(21)12-18)36-27(42)11-6-20-14-23(32)7-10-26(20)41-17-34-39-40-41/h2-5,7-10,12,14,17,25H,6,11,13,15-16H2,1H3,(H,35,43)(H,36,42)(H,37,38)/t25-/m0/s1. The van der Waals surface area contributed by atoms with Crippen LogP contribution in [0.3, 0.4) is 0 Å². The normalized spacial score (nSPS) is 13.9. The molecule has 1 atom stereocenters. The minimum atomic E-state index is -3.18. The van der Waals surface area contributed by atoms with Crippen LogP contribution in [-0.2, 0) is 43.7 Å². The first-order chi connectivity index (χ1) is 22.6. The minimum absolute atomic E-state index is 0.0179. The zero-order valence-corrected chi connectivity index (χ0v) is 27.2. The van der Waals surface area contributed by atoms with Gasteiger partial charge in [0.2, 0.25) is 5.91 Å². The maximum atomic E-state index is 13.5. The number of aryl methyl sites for hydroxylation is 1. The van der Waals surface area contributed by atoms with E-state index in [2.05, 4.69) is 35.9 Å². The van der Waals surface area contributed by atoms with E-state index in [1.54, 1.807) is 42.5 Å². The van der Waals surface area contributed by atoms with Gasteiger partial charge >= 0.3 is 6.09 Å². The number of benzene rings is 3. The summed E-state index contributed by atoms with van der Waals surface area (Å²) < 4.78 is 30.6. The molecule has 0 saturated carbocycles. The summed E-state index contributed by atoms with van der Waals surface area (Å²) in [5, 5.41) is 17.8. The van der Waals surface area contributed by atoms with Crippen LogP contribution in [0.4, 0.5) is 10.5 Å². The number of halogens is 2. The second-order valence-electron chi connectivity index (χ2n) is 11.0. The number of ether oxygens (including phenoxy) is 1. The predicted octanol–water partition coefficient (Wildman–Crippen LogP) is 5.00. The van der Waals surface area contributed by atoms with Crippen LogP contribution in [0.15, 0.2) is 67.0 Å². The van der Waals surface area contributed by atoms with Gasteiger partial charge in [-0.3, -0.25) is 10.1 Å². The molecule has 0 bridgehead atoms. The summed E-state index contributed by atoms with van der Waals surface area (Å²) in [6, 6.07) is 17.1. The Morgan fingerprint density at radius 1 is 1.04 bits per heavy atom. The highest BCUT2D eigenvalue weighted by molar-refractivity contribution is 7.90. The van der Waals surface area contributed by atoms with Crippen molar-refractivity contribution in [2.24, 2.45) is 0 Å². The van der Waals surface area contributed by atoms with E-state index in [0.717, 1.165) is 22.3 Å². The monoisotopic (exact) mass is 694 g/mol. The number of imidazole rings is 1. The molecular weight excluding hydrogens is 667 g/mol. The Morgan fingerprint density at radius 3 is 2.57 bits per heavy atom. The van der Waals surface area contributed by atoms with Gasteiger partial charge in [-0.2, -0.15) is 0 Å². The molecule has 0 saturated heterocycles. The highest BCUT2D eigenvalue weighted by Gasteiger charge is 2.26. The largest absolute Gasteiger partial charge is 0.453 e. The number of rotatable bonds is 10. The number of sulfone groups is 1. The molecule has 0 aliphatic carbocycles. The lowest BCUT2D eigenvalue weighted by atomic mass is 10.00. The summed E-state index contributed by atoms with van der Waals surface area (Å²) in [7, 11) is -1.90. The molecule has 3 N–H and O–H groups in total. The summed E-state index contributed by atoms with van der Waals surface area (Å²) in [6.07, 6.45) is 1.65. The number of carbonyl (C=O) groups is 2. The summed E-state index contributed by atoms with van der Waals surface area (Å²) in [6.45, 7) is 0. The Bertz CT molecular complexity index is 2050. The number of nitrogens with one attached hydrogen (secondary N) is 3. The van der Waals surface area contributed by atoms with Crippen molar-refractivity contribution in [1.82, 2.24) is 35.5 Å². The van der Waals surface area contributed by atoms with Crippen molar-refractivity contribution in [2.45, 2.75) is 36.8 Å². The Hall–Kier alpha value is -4.79. The van der Waals surface area contributed by atoms with Gasteiger partial charge in [0.15, 0.2) is 9.84 Å². The molecule has 0 radical (unpaired) electrons. The van der Waals surface area contributed by atoms with E-state index in [1.165, 1.54) is 18.1 Å². The number of amides is 2. The van der Waals surface area contributed by atoms with Gasteiger partial charge in [0, 0.05) is 22.7 Å². The summed E-state index contributed by atoms with van der Waals surface area (Å²) in [4.78, 5) is 32.9. The molecule has 6 rings (SSSR count). The Kier molecular flexibility index (Phi) is 9.25. The summed E-state index contributed by atoms with van der Waals surface area (Å²) in [5.41, 5.74) is 5.50. The maximum Gasteiger partial charge on any atom is 0.411 e. The average Bonchev–Trinajstić information content (AvgIpc) is 3.78. The molecule has 2 aromatic heterocycles. The van der Waals surface area contributed by atoms with Crippen molar-refractivity contribution in [3.8, 4) is 16.9 Å². The van der Waals surface area contributed by atoms with E-state index in [0.29, 0.717) is 46.3 Å². The van der Waals surface area contributed by atoms with E-state index in [9.17, 15) is 18.0 Å². The van der Waals surface area contributed by atoms with Crippen LogP contribution in [0.25, 0.3) is 16.9 Å². The molecule has 1 aliphatic heterocycles. The van der Waals surface area contributed by atoms with Gasteiger partial charge < -0.3 is 15.0 Å². The quantitative estimate of drug-likeness (QED) is 0.182. The molecule has 13 nitrogen and oxygen atoms in total. The molecule has 0 fully saturated rings. The van der Waals surface area contributed by atoms with E-state index in [-0.39, 0.29) is 29.0 Å². The first-order valence-corrected chi connectivity index (χ1v) is 17.0. The molecule has 5 aromatic rings. The number of hydrogen-bond donors (Lipinski definition) is 3. The topological polar surface area (TPSA) is 174 Å². The smallest absolute Gasteiger partial charge is 0.411 e. The third kappa shape index (κ3) is 7.62. The molecule has 47 heavy (non-hydrogen) atoms. The number of aromatic amines is 1. The second-order valence-corrected chi connectivity index (χ2v) is 13.8. The van der Waals surface area contributed by atoms with Crippen LogP contribution in [0.1, 0.15) is 40.5 Å². The number of tetrazole rings is 1. The number of aromatic nitrogens is 6. The number of hydrogen-bond acceptors (Lipinski definition) is 9. The van der Waals surface area contributed by atoms with Gasteiger partial charge in [0.25, 0.3) is 0 Å². The van der Waals surface area contributed by atoms with Crippen molar-refractivity contribution < 1.29 is 22.7 Å². The molecule has 0 unspecified atom stereocenters. The molecule has 16 heteroatoms. The molecule has 242 valence electrons. The third-order valence-electron chi connectivity index (χ3n) is 7.65. The number of fused-ring (bicyclic) bond motifs is 1. The minimum Gasteiger partial charge on any atom is -0.453 e. The zero-order valence-electron chi connectivity index (χ0n) is 24.9. The first kappa shape index (κ1) is 32.2. The van der Waals surface area contributed by atoms with Gasteiger partial charge in [0.05, 0.1) is 30.3 Å². The number of carbonyl (C=O) groups excluding carboxylic acids is 2. The third-order valence-corrected chi connectivity index (χ3v) is 9.66. The van der Waals surface area contributed by atoms with Gasteiger partial charge in [-0.25, -0.2) is 22.9 Å². The fourth-order valence-electron chi connectivity index (χ4n) is 5.43. The Morgan fingerprint density at radius 2 is 1.83 bits per heavy atom. The second kappa shape index (κ2) is 13.5. The van der Waals surface area contributed by atoms with Crippen LogP contribution in [-0.4, -0.2) is 57.7 Å². The van der Waals surface area contributed by atoms with Crippen molar-refractivity contribution >= 4 is 50.7 Å². The molecular formula is C31H28Cl2N8O5S. The number of H-pyrrole nitrogens is 1. The van der Waals surface area contributed by atoms with Crippen LogP contribution in [0.2, 0.25) is 10.2 Å². The van der Waals surface area contributed by atoms with Crippen LogP contribution < -0.4 is 10.6 Å². The van der Waals surface area contributed by atoms with Gasteiger partial charge in [0.1, 0.15) is 23.0 Å². The van der Waals surface area contributed by atoms with Crippen LogP contribution >= 0.6 is 23.2 Å². The number of nitrogens with zero attached hydrogens (tertiary/aromatic N) is 5. The van der Waals surface area contributed by atoms with Crippen molar-refractivity contribution in [3.05, 3.63) is 105 Å². The predicted molar refractivity (Wildman–Crippen MR) is 175 cm³/mol. The van der Waals surface area contributed by atoms with Crippen molar-refractivity contribution in [2.75, 3.05) is 12.4 Å². The van der Waals surface area contributed by atoms with Gasteiger partial charge in [-0.05, 0) is 75.9 Å². The highest BCUT2D eigenvalue weighted by Crippen LogP contribution is 2.31. The van der Waals surface area contributed by atoms with E-state index < -0.39 is 22.0 Å². The molecule has 1 aliphatic rings. The fraction of sp³-hybridized carbons (Fsp3) is 0.226. The van der Waals surface area contributed by atoms with Crippen molar-refractivity contribution in [1.29, 1.82) is 0 Å². The summed E-state index contributed by atoms with van der Waals surface area (Å²) in [5.74, 6) is 0.159. The lowest BCUT2D eigenvalue weighted by Crippen LogP contribution is -2.31. The van der Waals surface area contributed by atoms with E-state index >= 15 is 0 Å². The molecule has 3 aromatic carbocycles. The lowest BCUT2D eigenvalue weighted by Gasteiger charge is -2.18. The SMILES string of the molecule is COC(=O)Nc1ccc(-c2nc([C@H](Cc3ccc4c(c3)CS(=O)(=O)C4)NC(=O)CCc3cc(Cl)ccc3-n3cnnn3)[nH]c2Cl)cc1. The molecule has 3 heterocycles.